The van der Waals surface area contributed by atoms with Gasteiger partial charge in [0.25, 0.3) is 0 Å². The van der Waals surface area contributed by atoms with Gasteiger partial charge in [0.05, 0.1) is 5.56 Å². The average molecular weight is 286 g/mol. The number of hydrogen-bond acceptors (Lipinski definition) is 3. The van der Waals surface area contributed by atoms with E-state index in [1.165, 1.54) is 17.7 Å². The Kier molecular flexibility index (Phi) is 5.21. The number of benzene rings is 2. The molecule has 2 rings (SSSR count). The van der Waals surface area contributed by atoms with E-state index < -0.39 is 5.97 Å². The van der Waals surface area contributed by atoms with Gasteiger partial charge in [-0.15, -0.1) is 0 Å². The quantitative estimate of drug-likeness (QED) is 0.792. The van der Waals surface area contributed by atoms with Gasteiger partial charge in [-0.3, -0.25) is 0 Å². The smallest absolute Gasteiger partial charge is 0.335 e. The maximum absolute atomic E-state index is 10.7. The van der Waals surface area contributed by atoms with Crippen molar-refractivity contribution in [3.05, 3.63) is 59.7 Å². The van der Waals surface area contributed by atoms with Crippen LogP contribution in [0.3, 0.4) is 0 Å². The van der Waals surface area contributed by atoms with E-state index in [0.29, 0.717) is 19.0 Å². The van der Waals surface area contributed by atoms with Gasteiger partial charge in [-0.2, -0.15) is 0 Å². The summed E-state index contributed by atoms with van der Waals surface area (Å²) in [5.74, 6) is 0.568. The highest BCUT2D eigenvalue weighted by molar-refractivity contribution is 5.87. The Morgan fingerprint density at radius 2 is 1.67 bits per heavy atom. The van der Waals surface area contributed by atoms with Crippen LogP contribution in [0.25, 0.3) is 0 Å². The van der Waals surface area contributed by atoms with Crippen molar-refractivity contribution < 1.29 is 19.4 Å². The van der Waals surface area contributed by atoms with Crippen LogP contribution in [0.1, 0.15) is 22.8 Å². The van der Waals surface area contributed by atoms with Gasteiger partial charge in [-0.05, 0) is 42.3 Å². The highest BCUT2D eigenvalue weighted by atomic mass is 16.5. The Bertz CT molecular complexity index is 590. The lowest BCUT2D eigenvalue weighted by Gasteiger charge is -2.11. The van der Waals surface area contributed by atoms with E-state index >= 15 is 0 Å². The number of para-hydroxylation sites is 1. The molecule has 0 fully saturated rings. The van der Waals surface area contributed by atoms with Crippen molar-refractivity contribution in [2.24, 2.45) is 0 Å². The third kappa shape index (κ3) is 4.24. The molecule has 1 N–H and O–H groups in total. The minimum Gasteiger partial charge on any atom is -0.490 e. The fraction of sp³-hybridized carbons (Fsp3) is 0.235. The van der Waals surface area contributed by atoms with Crippen molar-refractivity contribution in [3.63, 3.8) is 0 Å². The highest BCUT2D eigenvalue weighted by Gasteiger charge is 2.03. The van der Waals surface area contributed by atoms with Crippen molar-refractivity contribution >= 4 is 5.97 Å². The van der Waals surface area contributed by atoms with Crippen molar-refractivity contribution in [1.82, 2.24) is 0 Å². The Labute approximate surface area is 123 Å². The Morgan fingerprint density at radius 3 is 2.33 bits per heavy atom. The zero-order chi connectivity index (χ0) is 15.1. The van der Waals surface area contributed by atoms with Gasteiger partial charge in [0, 0.05) is 0 Å². The van der Waals surface area contributed by atoms with E-state index in [0.717, 1.165) is 12.2 Å². The van der Waals surface area contributed by atoms with Crippen molar-refractivity contribution in [2.75, 3.05) is 13.2 Å². The standard InChI is InChI=1S/C17H18O4/c1-2-13-5-3-4-6-16(13)21-12-11-20-15-9-7-14(8-10-15)17(18)19/h3-10H,2,11-12H2,1H3,(H,18,19). The van der Waals surface area contributed by atoms with Crippen LogP contribution in [0, 0.1) is 0 Å². The molecule has 110 valence electrons. The SMILES string of the molecule is CCc1ccccc1OCCOc1ccc(C(=O)O)cc1. The summed E-state index contributed by atoms with van der Waals surface area (Å²) in [6, 6.07) is 14.2. The number of rotatable bonds is 7. The fourth-order valence-electron chi connectivity index (χ4n) is 1.94. The van der Waals surface area contributed by atoms with Crippen LogP contribution >= 0.6 is 0 Å². The Hall–Kier alpha value is -2.49. The third-order valence-electron chi connectivity index (χ3n) is 3.06. The van der Waals surface area contributed by atoms with Crippen LogP contribution in [0.15, 0.2) is 48.5 Å². The molecule has 0 aliphatic rings. The second kappa shape index (κ2) is 7.33. The summed E-state index contributed by atoms with van der Waals surface area (Å²) in [5, 5.41) is 8.80. The first-order valence-corrected chi connectivity index (χ1v) is 6.87. The molecule has 4 nitrogen and oxygen atoms in total. The van der Waals surface area contributed by atoms with E-state index in [1.807, 2.05) is 24.3 Å². The van der Waals surface area contributed by atoms with Crippen LogP contribution in [-0.2, 0) is 6.42 Å². The van der Waals surface area contributed by atoms with E-state index in [9.17, 15) is 4.79 Å². The highest BCUT2D eigenvalue weighted by Crippen LogP contribution is 2.18. The maximum atomic E-state index is 10.7. The molecule has 0 saturated heterocycles. The number of carboxylic acid groups (broad SMARTS) is 1. The summed E-state index contributed by atoms with van der Waals surface area (Å²) in [5.41, 5.74) is 1.42. The van der Waals surface area contributed by atoms with Crippen LogP contribution in [0.5, 0.6) is 11.5 Å². The van der Waals surface area contributed by atoms with Crippen LogP contribution in [0.4, 0.5) is 0 Å². The monoisotopic (exact) mass is 286 g/mol. The lowest BCUT2D eigenvalue weighted by atomic mass is 10.1. The molecular formula is C17H18O4. The third-order valence-corrected chi connectivity index (χ3v) is 3.06. The Morgan fingerprint density at radius 1 is 1.00 bits per heavy atom. The molecule has 0 radical (unpaired) electrons. The van der Waals surface area contributed by atoms with Crippen LogP contribution in [-0.4, -0.2) is 24.3 Å². The predicted octanol–water partition coefficient (Wildman–Crippen LogP) is 3.41. The molecule has 2 aromatic rings. The molecule has 0 unspecified atom stereocenters. The summed E-state index contributed by atoms with van der Waals surface area (Å²) in [4.78, 5) is 10.7. The molecule has 0 amide bonds. The Balaban J connectivity index is 1.80. The molecule has 0 aliphatic carbocycles. The largest absolute Gasteiger partial charge is 0.490 e. The fourth-order valence-corrected chi connectivity index (χ4v) is 1.94. The van der Waals surface area contributed by atoms with Gasteiger partial charge in [0.2, 0.25) is 0 Å². The molecule has 2 aromatic carbocycles. The number of aromatic carboxylic acids is 1. The number of carboxylic acids is 1. The van der Waals surface area contributed by atoms with Gasteiger partial charge in [-0.25, -0.2) is 4.79 Å². The zero-order valence-corrected chi connectivity index (χ0v) is 11.9. The molecule has 0 bridgehead atoms. The number of hydrogen-bond donors (Lipinski definition) is 1. The van der Waals surface area contributed by atoms with E-state index in [4.69, 9.17) is 14.6 Å². The van der Waals surface area contributed by atoms with Crippen LogP contribution in [0.2, 0.25) is 0 Å². The van der Waals surface area contributed by atoms with Gasteiger partial charge in [0.1, 0.15) is 24.7 Å². The first-order valence-electron chi connectivity index (χ1n) is 6.87. The van der Waals surface area contributed by atoms with Gasteiger partial charge < -0.3 is 14.6 Å². The minimum atomic E-state index is -0.943. The molecule has 21 heavy (non-hydrogen) atoms. The molecule has 0 aliphatic heterocycles. The predicted molar refractivity (Wildman–Crippen MR) is 80.2 cm³/mol. The summed E-state index contributed by atoms with van der Waals surface area (Å²) < 4.78 is 11.2. The first kappa shape index (κ1) is 14.9. The summed E-state index contributed by atoms with van der Waals surface area (Å²) >= 11 is 0. The van der Waals surface area contributed by atoms with Crippen molar-refractivity contribution in [2.45, 2.75) is 13.3 Å². The van der Waals surface area contributed by atoms with Gasteiger partial charge in [0.15, 0.2) is 0 Å². The summed E-state index contributed by atoms with van der Waals surface area (Å²) in [6.07, 6.45) is 0.924. The average Bonchev–Trinajstić information content (AvgIpc) is 2.52. The van der Waals surface area contributed by atoms with Crippen molar-refractivity contribution in [1.29, 1.82) is 0 Å². The van der Waals surface area contributed by atoms with Gasteiger partial charge >= 0.3 is 5.97 Å². The van der Waals surface area contributed by atoms with Crippen LogP contribution < -0.4 is 9.47 Å². The normalized spacial score (nSPS) is 10.1. The number of carbonyl (C=O) groups is 1. The molecule has 0 atom stereocenters. The molecule has 0 heterocycles. The van der Waals surface area contributed by atoms with E-state index in [2.05, 4.69) is 6.92 Å². The molecule has 0 saturated carbocycles. The summed E-state index contributed by atoms with van der Waals surface area (Å²) in [7, 11) is 0. The number of ether oxygens (including phenoxy) is 2. The first-order chi connectivity index (χ1) is 10.2. The minimum absolute atomic E-state index is 0.246. The molecule has 0 aromatic heterocycles. The topological polar surface area (TPSA) is 55.8 Å². The van der Waals surface area contributed by atoms with E-state index in [1.54, 1.807) is 12.1 Å². The second-order valence-corrected chi connectivity index (χ2v) is 4.49. The lowest BCUT2D eigenvalue weighted by Crippen LogP contribution is -2.10. The second-order valence-electron chi connectivity index (χ2n) is 4.49. The number of aryl methyl sites for hydroxylation is 1. The zero-order valence-electron chi connectivity index (χ0n) is 11.9. The molecule has 4 heteroatoms. The van der Waals surface area contributed by atoms with Gasteiger partial charge in [-0.1, -0.05) is 25.1 Å². The maximum Gasteiger partial charge on any atom is 0.335 e. The van der Waals surface area contributed by atoms with E-state index in [-0.39, 0.29) is 5.56 Å². The summed E-state index contributed by atoms with van der Waals surface area (Å²) in [6.45, 7) is 2.94. The van der Waals surface area contributed by atoms with Crippen molar-refractivity contribution in [3.8, 4) is 11.5 Å². The lowest BCUT2D eigenvalue weighted by molar-refractivity contribution is 0.0697. The molecular weight excluding hydrogens is 268 g/mol. The molecule has 0 spiro atoms.